The van der Waals surface area contributed by atoms with E-state index in [1.807, 2.05) is 0 Å². The molecule has 0 aromatic heterocycles. The Hall–Kier alpha value is -0.240. The van der Waals surface area contributed by atoms with Crippen molar-refractivity contribution in [2.45, 2.75) is 26.4 Å². The van der Waals surface area contributed by atoms with Crippen LogP contribution in [-0.4, -0.2) is 60.0 Å². The standard InChI is InChI=1S/C11H24O6/c1-10(14-7-5-12-3)16-9-17-11(2)15-8-6-13-4/h10-11H,5-9H2,1-4H3. The summed E-state index contributed by atoms with van der Waals surface area (Å²) in [5.41, 5.74) is 0. The van der Waals surface area contributed by atoms with Gasteiger partial charge in [0, 0.05) is 14.2 Å². The second kappa shape index (κ2) is 12.2. The SMILES string of the molecule is COCCOC(C)OCOC(C)OCCOC. The van der Waals surface area contributed by atoms with Gasteiger partial charge in [0.15, 0.2) is 19.4 Å². The fraction of sp³-hybridized carbons (Fsp3) is 1.00. The van der Waals surface area contributed by atoms with Crippen LogP contribution in [0.1, 0.15) is 13.8 Å². The molecule has 0 saturated heterocycles. The first-order valence-corrected chi connectivity index (χ1v) is 5.65. The maximum atomic E-state index is 5.27. The van der Waals surface area contributed by atoms with Crippen LogP contribution >= 0.6 is 0 Å². The van der Waals surface area contributed by atoms with Gasteiger partial charge in [0.1, 0.15) is 0 Å². The second-order valence-corrected chi connectivity index (χ2v) is 3.31. The molecule has 0 aliphatic rings. The van der Waals surface area contributed by atoms with Crippen molar-refractivity contribution in [3.63, 3.8) is 0 Å². The Morgan fingerprint density at radius 1 is 0.647 bits per heavy atom. The van der Waals surface area contributed by atoms with Crippen molar-refractivity contribution in [2.75, 3.05) is 47.4 Å². The molecule has 104 valence electrons. The molecule has 6 nitrogen and oxygen atoms in total. The van der Waals surface area contributed by atoms with E-state index in [4.69, 9.17) is 28.4 Å². The lowest BCUT2D eigenvalue weighted by molar-refractivity contribution is -0.239. The highest BCUT2D eigenvalue weighted by Crippen LogP contribution is 1.98. The predicted octanol–water partition coefficient (Wildman–Crippen LogP) is 0.995. The van der Waals surface area contributed by atoms with Crippen molar-refractivity contribution in [2.24, 2.45) is 0 Å². The number of rotatable bonds is 12. The number of hydrogen-bond donors (Lipinski definition) is 0. The summed E-state index contributed by atoms with van der Waals surface area (Å²) in [7, 11) is 3.24. The molecule has 2 atom stereocenters. The zero-order chi connectivity index (χ0) is 12.9. The Morgan fingerprint density at radius 3 is 1.41 bits per heavy atom. The molecule has 0 N–H and O–H groups in total. The molecule has 0 saturated carbocycles. The van der Waals surface area contributed by atoms with Crippen LogP contribution in [0.5, 0.6) is 0 Å². The van der Waals surface area contributed by atoms with Gasteiger partial charge in [-0.15, -0.1) is 0 Å². The van der Waals surface area contributed by atoms with Gasteiger partial charge in [-0.2, -0.15) is 0 Å². The van der Waals surface area contributed by atoms with E-state index in [-0.39, 0.29) is 19.4 Å². The van der Waals surface area contributed by atoms with Crippen molar-refractivity contribution in [1.29, 1.82) is 0 Å². The van der Waals surface area contributed by atoms with Crippen molar-refractivity contribution < 1.29 is 28.4 Å². The Balaban J connectivity index is 3.29. The Kier molecular flexibility index (Phi) is 12.1. The predicted molar refractivity (Wildman–Crippen MR) is 61.6 cm³/mol. The van der Waals surface area contributed by atoms with Gasteiger partial charge < -0.3 is 28.4 Å². The van der Waals surface area contributed by atoms with E-state index in [1.165, 1.54) is 0 Å². The summed E-state index contributed by atoms with van der Waals surface area (Å²) in [5, 5.41) is 0. The van der Waals surface area contributed by atoms with Gasteiger partial charge in [-0.3, -0.25) is 0 Å². The molecule has 0 aliphatic carbocycles. The lowest BCUT2D eigenvalue weighted by Gasteiger charge is -2.17. The van der Waals surface area contributed by atoms with Crippen LogP contribution in [0.25, 0.3) is 0 Å². The summed E-state index contributed by atoms with van der Waals surface area (Å²) < 4.78 is 30.8. The summed E-state index contributed by atoms with van der Waals surface area (Å²) in [6, 6.07) is 0. The first-order valence-electron chi connectivity index (χ1n) is 5.65. The molecule has 0 rings (SSSR count). The average molecular weight is 252 g/mol. The third-order valence-electron chi connectivity index (χ3n) is 1.89. The molecular weight excluding hydrogens is 228 g/mol. The minimum atomic E-state index is -0.323. The summed E-state index contributed by atoms with van der Waals surface area (Å²) in [4.78, 5) is 0. The lowest BCUT2D eigenvalue weighted by Crippen LogP contribution is -2.22. The quantitative estimate of drug-likeness (QED) is 0.381. The molecule has 0 aromatic carbocycles. The topological polar surface area (TPSA) is 55.4 Å². The highest BCUT2D eigenvalue weighted by atomic mass is 16.8. The molecule has 0 aliphatic heterocycles. The first kappa shape index (κ1) is 16.8. The summed E-state index contributed by atoms with van der Waals surface area (Å²) in [5.74, 6) is 0. The minimum absolute atomic E-state index is 0.127. The molecule has 0 radical (unpaired) electrons. The van der Waals surface area contributed by atoms with E-state index in [0.717, 1.165) is 0 Å². The van der Waals surface area contributed by atoms with Crippen LogP contribution in [0.4, 0.5) is 0 Å². The molecule has 17 heavy (non-hydrogen) atoms. The zero-order valence-corrected chi connectivity index (χ0v) is 11.1. The van der Waals surface area contributed by atoms with Gasteiger partial charge in [0.05, 0.1) is 26.4 Å². The zero-order valence-electron chi connectivity index (χ0n) is 11.1. The molecule has 0 aromatic rings. The van der Waals surface area contributed by atoms with E-state index in [0.29, 0.717) is 26.4 Å². The van der Waals surface area contributed by atoms with Gasteiger partial charge in [-0.1, -0.05) is 0 Å². The van der Waals surface area contributed by atoms with Gasteiger partial charge in [0.2, 0.25) is 0 Å². The summed E-state index contributed by atoms with van der Waals surface area (Å²) >= 11 is 0. The monoisotopic (exact) mass is 252 g/mol. The molecule has 6 heteroatoms. The van der Waals surface area contributed by atoms with Gasteiger partial charge >= 0.3 is 0 Å². The van der Waals surface area contributed by atoms with E-state index in [9.17, 15) is 0 Å². The Labute approximate surface area is 103 Å². The molecule has 0 bridgehead atoms. The fourth-order valence-electron chi connectivity index (χ4n) is 0.922. The van der Waals surface area contributed by atoms with E-state index in [1.54, 1.807) is 28.1 Å². The number of methoxy groups -OCH3 is 2. The molecule has 0 fully saturated rings. The molecular formula is C11H24O6. The maximum Gasteiger partial charge on any atom is 0.157 e. The Bertz CT molecular complexity index is 139. The maximum absolute atomic E-state index is 5.27. The van der Waals surface area contributed by atoms with Gasteiger partial charge in [-0.25, -0.2) is 0 Å². The Morgan fingerprint density at radius 2 is 1.06 bits per heavy atom. The van der Waals surface area contributed by atoms with Crippen LogP contribution in [0.3, 0.4) is 0 Å². The third kappa shape index (κ3) is 12.0. The molecule has 0 amide bonds. The minimum Gasteiger partial charge on any atom is -0.382 e. The van der Waals surface area contributed by atoms with Crippen LogP contribution in [-0.2, 0) is 28.4 Å². The van der Waals surface area contributed by atoms with Crippen molar-refractivity contribution in [3.05, 3.63) is 0 Å². The van der Waals surface area contributed by atoms with Crippen molar-refractivity contribution in [1.82, 2.24) is 0 Å². The third-order valence-corrected chi connectivity index (χ3v) is 1.89. The van der Waals surface area contributed by atoms with Crippen molar-refractivity contribution >= 4 is 0 Å². The normalized spacial score (nSPS) is 14.8. The van der Waals surface area contributed by atoms with Crippen LogP contribution < -0.4 is 0 Å². The summed E-state index contributed by atoms with van der Waals surface area (Å²) in [6.07, 6.45) is -0.646. The van der Waals surface area contributed by atoms with Crippen LogP contribution in [0.2, 0.25) is 0 Å². The lowest BCUT2D eigenvalue weighted by atomic mass is 10.7. The second-order valence-electron chi connectivity index (χ2n) is 3.31. The van der Waals surface area contributed by atoms with Crippen LogP contribution in [0, 0.1) is 0 Å². The van der Waals surface area contributed by atoms with E-state index >= 15 is 0 Å². The van der Waals surface area contributed by atoms with Gasteiger partial charge in [-0.05, 0) is 13.8 Å². The van der Waals surface area contributed by atoms with Crippen molar-refractivity contribution in [3.8, 4) is 0 Å². The van der Waals surface area contributed by atoms with Gasteiger partial charge in [0.25, 0.3) is 0 Å². The number of ether oxygens (including phenoxy) is 6. The molecule has 2 unspecified atom stereocenters. The fourth-order valence-corrected chi connectivity index (χ4v) is 0.922. The number of hydrogen-bond acceptors (Lipinski definition) is 6. The summed E-state index contributed by atoms with van der Waals surface area (Å²) in [6.45, 7) is 5.82. The molecule has 0 heterocycles. The highest BCUT2D eigenvalue weighted by Gasteiger charge is 2.05. The smallest absolute Gasteiger partial charge is 0.157 e. The average Bonchev–Trinajstić information content (AvgIpc) is 2.30. The molecule has 0 spiro atoms. The first-order chi connectivity index (χ1) is 8.20. The largest absolute Gasteiger partial charge is 0.382 e. The highest BCUT2D eigenvalue weighted by molar-refractivity contribution is 4.34. The van der Waals surface area contributed by atoms with E-state index < -0.39 is 0 Å². The van der Waals surface area contributed by atoms with Crippen LogP contribution in [0.15, 0.2) is 0 Å². The van der Waals surface area contributed by atoms with E-state index in [2.05, 4.69) is 0 Å².